The topological polar surface area (TPSA) is 70.6 Å². The van der Waals surface area contributed by atoms with Crippen molar-refractivity contribution in [3.05, 3.63) is 54.1 Å². The number of hydrogen-bond acceptors (Lipinski definition) is 6. The second-order valence-corrected chi connectivity index (χ2v) is 7.91. The van der Waals surface area contributed by atoms with Gasteiger partial charge in [-0.25, -0.2) is 4.98 Å². The number of ether oxygens (including phenoxy) is 1. The Bertz CT molecular complexity index is 1050. The Morgan fingerprint density at radius 2 is 1.77 bits per heavy atom. The van der Waals surface area contributed by atoms with Gasteiger partial charge in [0.15, 0.2) is 0 Å². The lowest BCUT2D eigenvalue weighted by Crippen LogP contribution is -2.31. The molecule has 0 spiro atoms. The Hall–Kier alpha value is -3.35. The zero-order chi connectivity index (χ0) is 21.6. The van der Waals surface area contributed by atoms with Crippen molar-refractivity contribution < 1.29 is 9.53 Å². The van der Waals surface area contributed by atoms with E-state index >= 15 is 0 Å². The molecule has 0 radical (unpaired) electrons. The third-order valence-corrected chi connectivity index (χ3v) is 5.41. The van der Waals surface area contributed by atoms with Crippen LogP contribution in [0.2, 0.25) is 0 Å². The first-order valence-corrected chi connectivity index (χ1v) is 10.8. The van der Waals surface area contributed by atoms with Crippen molar-refractivity contribution in [1.82, 2.24) is 14.9 Å². The number of carbonyl (C=O) groups excluding carboxylic acids is 1. The van der Waals surface area contributed by atoms with E-state index in [0.29, 0.717) is 24.5 Å². The van der Waals surface area contributed by atoms with Crippen LogP contribution in [0.15, 0.2) is 48.5 Å². The summed E-state index contributed by atoms with van der Waals surface area (Å²) in [6, 6.07) is 15.4. The highest BCUT2D eigenvalue weighted by atomic mass is 16.5. The number of nitrogens with zero attached hydrogens (tertiary/aromatic N) is 4. The van der Waals surface area contributed by atoms with E-state index in [0.717, 1.165) is 35.8 Å². The molecule has 1 aliphatic rings. The quantitative estimate of drug-likeness (QED) is 0.587. The van der Waals surface area contributed by atoms with Crippen molar-refractivity contribution in [2.45, 2.75) is 19.3 Å². The van der Waals surface area contributed by atoms with Gasteiger partial charge < -0.3 is 19.9 Å². The first-order chi connectivity index (χ1) is 15.1. The number of aromatic nitrogens is 2. The number of amides is 1. The van der Waals surface area contributed by atoms with Gasteiger partial charge in [-0.15, -0.1) is 0 Å². The van der Waals surface area contributed by atoms with Crippen molar-refractivity contribution in [1.29, 1.82) is 0 Å². The molecule has 7 heteroatoms. The minimum atomic E-state index is -0.0727. The molecule has 162 valence electrons. The first kappa shape index (κ1) is 20.9. The van der Waals surface area contributed by atoms with Crippen molar-refractivity contribution in [3.63, 3.8) is 0 Å². The molecule has 31 heavy (non-hydrogen) atoms. The number of nitrogens with one attached hydrogen (secondary N) is 1. The van der Waals surface area contributed by atoms with Crippen LogP contribution in [0.25, 0.3) is 10.9 Å². The second kappa shape index (κ2) is 9.64. The number of para-hydroxylation sites is 2. The van der Waals surface area contributed by atoms with Crippen LogP contribution in [0.5, 0.6) is 5.75 Å². The third kappa shape index (κ3) is 4.87. The highest BCUT2D eigenvalue weighted by Gasteiger charge is 2.17. The van der Waals surface area contributed by atoms with Crippen LogP contribution in [-0.4, -0.2) is 61.1 Å². The molecular weight excluding hydrogens is 390 g/mol. The Morgan fingerprint density at radius 3 is 2.58 bits per heavy atom. The van der Waals surface area contributed by atoms with Crippen molar-refractivity contribution in [2.75, 3.05) is 50.6 Å². The normalized spacial score (nSPS) is 13.8. The maximum Gasteiger partial charge on any atom is 0.257 e. The van der Waals surface area contributed by atoms with Gasteiger partial charge in [0.25, 0.3) is 5.91 Å². The zero-order valence-electron chi connectivity index (χ0n) is 18.2. The molecule has 0 bridgehead atoms. The fourth-order valence-corrected chi connectivity index (χ4v) is 3.77. The van der Waals surface area contributed by atoms with Gasteiger partial charge in [-0.05, 0) is 43.5 Å². The van der Waals surface area contributed by atoms with E-state index in [1.54, 1.807) is 25.1 Å². The minimum absolute atomic E-state index is 0.0727. The number of carbonyl (C=O) groups is 1. The number of anilines is 2. The Labute approximate surface area is 183 Å². The Morgan fingerprint density at radius 1 is 1.03 bits per heavy atom. The molecule has 1 N–H and O–H groups in total. The van der Waals surface area contributed by atoms with Crippen LogP contribution in [0.3, 0.4) is 0 Å². The lowest BCUT2D eigenvalue weighted by molar-refractivity contribution is 0.0823. The molecule has 1 saturated heterocycles. The SMILES string of the molecule is CN(C)C(=O)c1ccccc1OCCNc1nc(N2CCCCC2)nc2ccccc12. The van der Waals surface area contributed by atoms with Crippen LogP contribution in [0, 0.1) is 0 Å². The summed E-state index contributed by atoms with van der Waals surface area (Å²) in [5, 5.41) is 4.40. The van der Waals surface area contributed by atoms with E-state index < -0.39 is 0 Å². The highest BCUT2D eigenvalue weighted by Crippen LogP contribution is 2.25. The fraction of sp³-hybridized carbons (Fsp3) is 0.375. The number of rotatable bonds is 7. The lowest BCUT2D eigenvalue weighted by atomic mass is 10.1. The monoisotopic (exact) mass is 419 g/mol. The van der Waals surface area contributed by atoms with Gasteiger partial charge in [-0.1, -0.05) is 24.3 Å². The molecule has 0 saturated carbocycles. The standard InChI is InChI=1S/C24H29N5O2/c1-28(2)23(30)19-11-5-7-13-21(19)31-17-14-25-22-18-10-4-6-12-20(18)26-24(27-22)29-15-8-3-9-16-29/h4-7,10-13H,3,8-9,14-17H2,1-2H3,(H,25,26,27). The Kier molecular flexibility index (Phi) is 6.50. The third-order valence-electron chi connectivity index (χ3n) is 5.41. The van der Waals surface area contributed by atoms with Gasteiger partial charge >= 0.3 is 0 Å². The smallest absolute Gasteiger partial charge is 0.257 e. The molecule has 0 atom stereocenters. The van der Waals surface area contributed by atoms with Gasteiger partial charge in [0.2, 0.25) is 5.95 Å². The largest absolute Gasteiger partial charge is 0.491 e. The maximum atomic E-state index is 12.4. The molecular formula is C24H29N5O2. The molecule has 0 unspecified atom stereocenters. The Balaban J connectivity index is 1.46. The van der Waals surface area contributed by atoms with E-state index in [9.17, 15) is 4.79 Å². The molecule has 4 rings (SSSR count). The number of fused-ring (bicyclic) bond motifs is 1. The predicted octanol–water partition coefficient (Wildman–Crippen LogP) is 3.81. The summed E-state index contributed by atoms with van der Waals surface area (Å²) in [7, 11) is 3.47. The van der Waals surface area contributed by atoms with Crippen molar-refractivity contribution in [3.8, 4) is 5.75 Å². The van der Waals surface area contributed by atoms with Crippen LogP contribution < -0.4 is 15.0 Å². The van der Waals surface area contributed by atoms with Gasteiger partial charge in [0, 0.05) is 32.6 Å². The molecule has 2 aromatic carbocycles. The van der Waals surface area contributed by atoms with E-state index in [-0.39, 0.29) is 5.91 Å². The lowest BCUT2D eigenvalue weighted by Gasteiger charge is -2.27. The molecule has 3 aromatic rings. The molecule has 7 nitrogen and oxygen atoms in total. The average molecular weight is 420 g/mol. The first-order valence-electron chi connectivity index (χ1n) is 10.8. The molecule has 1 amide bonds. The van der Waals surface area contributed by atoms with E-state index in [1.807, 2.05) is 42.5 Å². The fourth-order valence-electron chi connectivity index (χ4n) is 3.77. The number of benzene rings is 2. The molecule has 0 aliphatic carbocycles. The highest BCUT2D eigenvalue weighted by molar-refractivity contribution is 5.96. The molecule has 1 fully saturated rings. The number of piperidine rings is 1. The summed E-state index contributed by atoms with van der Waals surface area (Å²) < 4.78 is 5.92. The van der Waals surface area contributed by atoms with Gasteiger partial charge in [-0.3, -0.25) is 4.79 Å². The van der Waals surface area contributed by atoms with Gasteiger partial charge in [0.1, 0.15) is 18.2 Å². The van der Waals surface area contributed by atoms with E-state index in [1.165, 1.54) is 19.3 Å². The van der Waals surface area contributed by atoms with E-state index in [2.05, 4.69) is 10.2 Å². The molecule has 2 heterocycles. The van der Waals surface area contributed by atoms with Crippen LogP contribution in [0.1, 0.15) is 29.6 Å². The zero-order valence-corrected chi connectivity index (χ0v) is 18.2. The minimum Gasteiger partial charge on any atom is -0.491 e. The summed E-state index contributed by atoms with van der Waals surface area (Å²) >= 11 is 0. The summed E-state index contributed by atoms with van der Waals surface area (Å²) in [6.45, 7) is 2.97. The second-order valence-electron chi connectivity index (χ2n) is 7.91. The average Bonchev–Trinajstić information content (AvgIpc) is 2.82. The van der Waals surface area contributed by atoms with Crippen molar-refractivity contribution >= 4 is 28.6 Å². The van der Waals surface area contributed by atoms with Gasteiger partial charge in [0.05, 0.1) is 17.6 Å². The van der Waals surface area contributed by atoms with E-state index in [4.69, 9.17) is 14.7 Å². The summed E-state index contributed by atoms with van der Waals surface area (Å²) in [6.07, 6.45) is 3.63. The van der Waals surface area contributed by atoms with Crippen molar-refractivity contribution in [2.24, 2.45) is 0 Å². The van der Waals surface area contributed by atoms with Crippen LogP contribution in [-0.2, 0) is 0 Å². The summed E-state index contributed by atoms with van der Waals surface area (Å²) in [4.78, 5) is 25.8. The summed E-state index contributed by atoms with van der Waals surface area (Å²) in [5.41, 5.74) is 1.50. The molecule has 1 aliphatic heterocycles. The van der Waals surface area contributed by atoms with Crippen LogP contribution in [0.4, 0.5) is 11.8 Å². The number of hydrogen-bond donors (Lipinski definition) is 1. The van der Waals surface area contributed by atoms with Gasteiger partial charge in [-0.2, -0.15) is 4.98 Å². The molecule has 1 aromatic heterocycles. The summed E-state index contributed by atoms with van der Waals surface area (Å²) in [5.74, 6) is 2.11. The van der Waals surface area contributed by atoms with Crippen LogP contribution >= 0.6 is 0 Å². The predicted molar refractivity (Wildman–Crippen MR) is 124 cm³/mol. The maximum absolute atomic E-state index is 12.4.